The van der Waals surface area contributed by atoms with E-state index >= 15 is 0 Å². The Kier molecular flexibility index (Phi) is 6.28. The molecule has 1 aliphatic rings. The maximum Gasteiger partial charge on any atom is 0.243 e. The Hall–Kier alpha value is -2.85. The van der Waals surface area contributed by atoms with Crippen LogP contribution in [0.15, 0.2) is 47.4 Å². The van der Waals surface area contributed by atoms with Crippen LogP contribution in [0.3, 0.4) is 0 Å². The van der Waals surface area contributed by atoms with Crippen molar-refractivity contribution in [2.24, 2.45) is 0 Å². The van der Waals surface area contributed by atoms with Gasteiger partial charge >= 0.3 is 0 Å². The first-order valence-corrected chi connectivity index (χ1v) is 11.7. The lowest BCUT2D eigenvalue weighted by Crippen LogP contribution is -2.27. The fraction of sp³-hybridized carbons (Fsp3) is 0.381. The second-order valence-electron chi connectivity index (χ2n) is 7.58. The summed E-state index contributed by atoms with van der Waals surface area (Å²) < 4.78 is 41.5. The van der Waals surface area contributed by atoms with E-state index in [0.29, 0.717) is 44.5 Å². The maximum atomic E-state index is 12.9. The molecule has 1 fully saturated rings. The van der Waals surface area contributed by atoms with Gasteiger partial charge in [0, 0.05) is 32.6 Å². The molecule has 2 heterocycles. The average Bonchev–Trinajstić information content (AvgIpc) is 3.44. The topological polar surface area (TPSA) is 97.2 Å². The first-order valence-electron chi connectivity index (χ1n) is 10.3. The lowest BCUT2D eigenvalue weighted by atomic mass is 10.2. The van der Waals surface area contributed by atoms with Crippen molar-refractivity contribution in [3.63, 3.8) is 0 Å². The predicted octanol–water partition coefficient (Wildman–Crippen LogP) is 2.45. The standard InChI is InChI=1S/C21H24FN5O3S/c22-17-7-5-16(6-8-17)15-23-21(28)4-3-13-27-20-10-9-18(14-19(20)24-25-27)31(29,30)26-11-1-2-12-26/h5-10,14H,1-4,11-13,15H2,(H,23,28). The molecule has 4 rings (SSSR count). The van der Waals surface area contributed by atoms with E-state index in [4.69, 9.17) is 0 Å². The van der Waals surface area contributed by atoms with Crippen molar-refractivity contribution >= 4 is 27.0 Å². The molecule has 0 spiro atoms. The Balaban J connectivity index is 1.32. The zero-order chi connectivity index (χ0) is 21.8. The molecule has 1 saturated heterocycles. The molecule has 3 aromatic rings. The van der Waals surface area contributed by atoms with Crippen molar-refractivity contribution in [1.82, 2.24) is 24.6 Å². The number of fused-ring (bicyclic) bond motifs is 1. The Labute approximate surface area is 180 Å². The fourth-order valence-corrected chi connectivity index (χ4v) is 5.17. The number of nitrogens with one attached hydrogen (secondary N) is 1. The van der Waals surface area contributed by atoms with Gasteiger partial charge in [-0.15, -0.1) is 5.10 Å². The molecule has 31 heavy (non-hydrogen) atoms. The SMILES string of the molecule is O=C(CCCn1nnc2cc(S(=O)(=O)N3CCCC3)ccc21)NCc1ccc(F)cc1. The van der Waals surface area contributed by atoms with E-state index in [1.54, 1.807) is 35.0 Å². The van der Waals surface area contributed by atoms with Crippen LogP contribution in [-0.2, 0) is 27.9 Å². The fourth-order valence-electron chi connectivity index (χ4n) is 3.64. The Bertz CT molecular complexity index is 1170. The lowest BCUT2D eigenvalue weighted by molar-refractivity contribution is -0.121. The van der Waals surface area contributed by atoms with E-state index in [1.165, 1.54) is 16.4 Å². The number of carbonyl (C=O) groups excluding carboxylic acids is 1. The number of carbonyl (C=O) groups is 1. The van der Waals surface area contributed by atoms with Gasteiger partial charge in [0.05, 0.1) is 10.4 Å². The second kappa shape index (κ2) is 9.11. The minimum Gasteiger partial charge on any atom is -0.352 e. The number of sulfonamides is 1. The van der Waals surface area contributed by atoms with Crippen LogP contribution in [0.25, 0.3) is 11.0 Å². The van der Waals surface area contributed by atoms with E-state index in [2.05, 4.69) is 15.6 Å². The summed E-state index contributed by atoms with van der Waals surface area (Å²) in [6, 6.07) is 10.9. The first kappa shape index (κ1) is 21.4. The Morgan fingerprint density at radius 1 is 1.10 bits per heavy atom. The number of rotatable bonds is 8. The summed E-state index contributed by atoms with van der Waals surface area (Å²) in [4.78, 5) is 12.3. The predicted molar refractivity (Wildman–Crippen MR) is 113 cm³/mol. The highest BCUT2D eigenvalue weighted by Gasteiger charge is 2.27. The van der Waals surface area contributed by atoms with E-state index < -0.39 is 10.0 Å². The number of nitrogens with zero attached hydrogens (tertiary/aromatic N) is 4. The Morgan fingerprint density at radius 3 is 2.58 bits per heavy atom. The molecule has 0 bridgehead atoms. The van der Waals surface area contributed by atoms with Gasteiger partial charge in [-0.05, 0) is 55.2 Å². The van der Waals surface area contributed by atoms with Crippen LogP contribution in [0.4, 0.5) is 4.39 Å². The van der Waals surface area contributed by atoms with Gasteiger partial charge in [-0.25, -0.2) is 17.5 Å². The normalized spacial score (nSPS) is 14.9. The molecule has 2 aromatic carbocycles. The molecule has 0 unspecified atom stereocenters. The summed E-state index contributed by atoms with van der Waals surface area (Å²) in [5, 5.41) is 11.0. The third-order valence-electron chi connectivity index (χ3n) is 5.36. The molecule has 0 atom stereocenters. The maximum absolute atomic E-state index is 12.9. The van der Waals surface area contributed by atoms with Crippen molar-refractivity contribution in [3.8, 4) is 0 Å². The van der Waals surface area contributed by atoms with Gasteiger partial charge in [0.2, 0.25) is 15.9 Å². The van der Waals surface area contributed by atoms with Crippen LogP contribution < -0.4 is 5.32 Å². The summed E-state index contributed by atoms with van der Waals surface area (Å²) in [7, 11) is -3.50. The second-order valence-corrected chi connectivity index (χ2v) is 9.52. The van der Waals surface area contributed by atoms with Gasteiger partial charge in [0.15, 0.2) is 0 Å². The number of benzene rings is 2. The molecule has 1 N–H and O–H groups in total. The highest BCUT2D eigenvalue weighted by atomic mass is 32.2. The summed E-state index contributed by atoms with van der Waals surface area (Å²) in [6.45, 7) is 1.94. The van der Waals surface area contributed by atoms with Crippen LogP contribution in [0.1, 0.15) is 31.2 Å². The van der Waals surface area contributed by atoms with Gasteiger partial charge in [-0.3, -0.25) is 4.79 Å². The number of hydrogen-bond acceptors (Lipinski definition) is 5. The van der Waals surface area contributed by atoms with E-state index in [0.717, 1.165) is 23.9 Å². The third kappa shape index (κ3) is 4.91. The van der Waals surface area contributed by atoms with Crippen LogP contribution >= 0.6 is 0 Å². The van der Waals surface area contributed by atoms with E-state index in [9.17, 15) is 17.6 Å². The molecule has 0 aliphatic carbocycles. The molecule has 1 aromatic heterocycles. The quantitative estimate of drug-likeness (QED) is 0.574. The molecule has 1 aliphatic heterocycles. The summed E-state index contributed by atoms with van der Waals surface area (Å²) in [6.07, 6.45) is 2.63. The summed E-state index contributed by atoms with van der Waals surface area (Å²) in [5.74, 6) is -0.413. The smallest absolute Gasteiger partial charge is 0.243 e. The molecule has 1 amide bonds. The third-order valence-corrected chi connectivity index (χ3v) is 7.26. The largest absolute Gasteiger partial charge is 0.352 e. The summed E-state index contributed by atoms with van der Waals surface area (Å²) in [5.41, 5.74) is 2.07. The van der Waals surface area contributed by atoms with Gasteiger partial charge in [0.1, 0.15) is 11.3 Å². The first-order chi connectivity index (χ1) is 14.9. The number of hydrogen-bond donors (Lipinski definition) is 1. The Morgan fingerprint density at radius 2 is 1.84 bits per heavy atom. The molecule has 164 valence electrons. The van der Waals surface area contributed by atoms with Gasteiger partial charge in [0.25, 0.3) is 0 Å². The van der Waals surface area contributed by atoms with Crippen molar-refractivity contribution < 1.29 is 17.6 Å². The van der Waals surface area contributed by atoms with Crippen molar-refractivity contribution in [2.45, 2.75) is 43.7 Å². The molecular weight excluding hydrogens is 421 g/mol. The van der Waals surface area contributed by atoms with E-state index in [-0.39, 0.29) is 16.6 Å². The average molecular weight is 446 g/mol. The van der Waals surface area contributed by atoms with Crippen molar-refractivity contribution in [3.05, 3.63) is 53.8 Å². The molecular formula is C21H24FN5O3S. The van der Waals surface area contributed by atoms with Gasteiger partial charge < -0.3 is 5.32 Å². The summed E-state index contributed by atoms with van der Waals surface area (Å²) >= 11 is 0. The minimum atomic E-state index is -3.50. The van der Waals surface area contributed by atoms with Gasteiger partial charge in [-0.1, -0.05) is 17.3 Å². The van der Waals surface area contributed by atoms with Crippen LogP contribution in [0.2, 0.25) is 0 Å². The number of aryl methyl sites for hydroxylation is 1. The minimum absolute atomic E-state index is 0.104. The highest BCUT2D eigenvalue weighted by molar-refractivity contribution is 7.89. The van der Waals surface area contributed by atoms with Crippen molar-refractivity contribution in [1.29, 1.82) is 0 Å². The molecule has 10 heteroatoms. The lowest BCUT2D eigenvalue weighted by Gasteiger charge is -2.15. The zero-order valence-electron chi connectivity index (χ0n) is 17.0. The van der Waals surface area contributed by atoms with Crippen LogP contribution in [0.5, 0.6) is 0 Å². The zero-order valence-corrected chi connectivity index (χ0v) is 17.8. The van der Waals surface area contributed by atoms with Crippen molar-refractivity contribution in [2.75, 3.05) is 13.1 Å². The molecule has 8 nitrogen and oxygen atoms in total. The van der Waals surface area contributed by atoms with Crippen LogP contribution in [-0.4, -0.2) is 46.7 Å². The number of amides is 1. The number of halogens is 1. The number of aromatic nitrogens is 3. The molecule has 0 radical (unpaired) electrons. The monoisotopic (exact) mass is 445 g/mol. The van der Waals surface area contributed by atoms with Crippen LogP contribution in [0, 0.1) is 5.82 Å². The highest BCUT2D eigenvalue weighted by Crippen LogP contribution is 2.23. The van der Waals surface area contributed by atoms with E-state index in [1.807, 2.05) is 0 Å². The van der Waals surface area contributed by atoms with Gasteiger partial charge in [-0.2, -0.15) is 4.31 Å². The molecule has 0 saturated carbocycles.